The number of nitrogens with zero attached hydrogens (tertiary/aromatic N) is 1. The SMILES string of the molecule is CC1CCN(CC(O)CNC(=O)C2CCNCC2)CC1.Cl. The summed E-state index contributed by atoms with van der Waals surface area (Å²) in [6, 6.07) is 0. The molecule has 0 aliphatic carbocycles. The Balaban J connectivity index is 0.00000220. The van der Waals surface area contributed by atoms with E-state index in [1.165, 1.54) is 12.8 Å². The van der Waals surface area contributed by atoms with Crippen molar-refractivity contribution in [1.82, 2.24) is 15.5 Å². The van der Waals surface area contributed by atoms with Crippen molar-refractivity contribution in [3.63, 3.8) is 0 Å². The van der Waals surface area contributed by atoms with Crippen LogP contribution in [0.25, 0.3) is 0 Å². The number of piperidine rings is 2. The van der Waals surface area contributed by atoms with Gasteiger partial charge in [0.2, 0.25) is 5.91 Å². The molecular formula is C15H30ClN3O2. The number of carbonyl (C=O) groups is 1. The van der Waals surface area contributed by atoms with Crippen molar-refractivity contribution in [2.75, 3.05) is 39.3 Å². The summed E-state index contributed by atoms with van der Waals surface area (Å²) in [6.45, 7) is 7.33. The highest BCUT2D eigenvalue weighted by Crippen LogP contribution is 2.16. The van der Waals surface area contributed by atoms with Gasteiger partial charge < -0.3 is 20.6 Å². The summed E-state index contributed by atoms with van der Waals surface area (Å²) in [7, 11) is 0. The molecule has 2 aliphatic heterocycles. The lowest BCUT2D eigenvalue weighted by molar-refractivity contribution is -0.126. The minimum Gasteiger partial charge on any atom is -0.390 e. The third-order valence-electron chi connectivity index (χ3n) is 4.57. The second-order valence-electron chi connectivity index (χ2n) is 6.41. The molecule has 3 N–H and O–H groups in total. The van der Waals surface area contributed by atoms with Gasteiger partial charge in [0.15, 0.2) is 0 Å². The molecule has 1 unspecified atom stereocenters. The summed E-state index contributed by atoms with van der Waals surface area (Å²) in [5, 5.41) is 16.2. The summed E-state index contributed by atoms with van der Waals surface area (Å²) in [4.78, 5) is 14.3. The van der Waals surface area contributed by atoms with Crippen LogP contribution in [-0.4, -0.2) is 61.3 Å². The number of hydrogen-bond donors (Lipinski definition) is 3. The lowest BCUT2D eigenvalue weighted by Gasteiger charge is -2.31. The van der Waals surface area contributed by atoms with Crippen LogP contribution >= 0.6 is 12.4 Å². The number of hydrogen-bond acceptors (Lipinski definition) is 4. The van der Waals surface area contributed by atoms with Crippen LogP contribution in [0.5, 0.6) is 0 Å². The number of aliphatic hydroxyl groups is 1. The first-order chi connectivity index (χ1) is 9.65. The average Bonchev–Trinajstić information content (AvgIpc) is 2.48. The van der Waals surface area contributed by atoms with Gasteiger partial charge in [0.05, 0.1) is 6.10 Å². The predicted molar refractivity (Wildman–Crippen MR) is 86.7 cm³/mol. The number of aliphatic hydroxyl groups excluding tert-OH is 1. The van der Waals surface area contributed by atoms with Crippen LogP contribution in [0.4, 0.5) is 0 Å². The third-order valence-corrected chi connectivity index (χ3v) is 4.57. The monoisotopic (exact) mass is 319 g/mol. The van der Waals surface area contributed by atoms with Gasteiger partial charge in [-0.05, 0) is 57.8 Å². The van der Waals surface area contributed by atoms with E-state index in [0.29, 0.717) is 13.1 Å². The molecule has 2 heterocycles. The number of β-amino-alcohol motifs (C(OH)–C–C–N with tert-alkyl or cyclic N) is 1. The van der Waals surface area contributed by atoms with Crippen molar-refractivity contribution in [1.29, 1.82) is 0 Å². The van der Waals surface area contributed by atoms with Gasteiger partial charge in [0.1, 0.15) is 0 Å². The highest BCUT2D eigenvalue weighted by molar-refractivity contribution is 5.85. The number of likely N-dealkylation sites (tertiary alicyclic amines) is 1. The van der Waals surface area contributed by atoms with Crippen LogP contribution in [-0.2, 0) is 4.79 Å². The molecule has 0 aromatic heterocycles. The van der Waals surface area contributed by atoms with Crippen molar-refractivity contribution >= 4 is 18.3 Å². The molecule has 0 aromatic carbocycles. The first-order valence-electron chi connectivity index (χ1n) is 8.04. The van der Waals surface area contributed by atoms with E-state index in [1.54, 1.807) is 0 Å². The summed E-state index contributed by atoms with van der Waals surface area (Å²) in [5.74, 6) is 1.04. The molecule has 6 heteroatoms. The minimum absolute atomic E-state index is 0. The van der Waals surface area contributed by atoms with E-state index in [1.807, 2.05) is 0 Å². The van der Waals surface area contributed by atoms with Gasteiger partial charge >= 0.3 is 0 Å². The van der Waals surface area contributed by atoms with E-state index in [9.17, 15) is 9.90 Å². The number of amides is 1. The molecule has 0 spiro atoms. The molecule has 21 heavy (non-hydrogen) atoms. The zero-order valence-corrected chi connectivity index (χ0v) is 13.8. The predicted octanol–water partition coefficient (Wildman–Crippen LogP) is 0.617. The van der Waals surface area contributed by atoms with Crippen molar-refractivity contribution in [2.24, 2.45) is 11.8 Å². The minimum atomic E-state index is -0.450. The summed E-state index contributed by atoms with van der Waals surface area (Å²) in [5.41, 5.74) is 0. The van der Waals surface area contributed by atoms with Crippen LogP contribution in [0.15, 0.2) is 0 Å². The fourth-order valence-electron chi connectivity index (χ4n) is 3.05. The number of nitrogens with one attached hydrogen (secondary N) is 2. The lowest BCUT2D eigenvalue weighted by Crippen LogP contribution is -2.45. The number of rotatable bonds is 5. The molecule has 2 aliphatic rings. The van der Waals surface area contributed by atoms with Gasteiger partial charge in [0.25, 0.3) is 0 Å². The third kappa shape index (κ3) is 6.51. The van der Waals surface area contributed by atoms with Crippen LogP contribution in [0.2, 0.25) is 0 Å². The fourth-order valence-corrected chi connectivity index (χ4v) is 3.05. The van der Waals surface area contributed by atoms with E-state index in [4.69, 9.17) is 0 Å². The molecule has 1 atom stereocenters. The van der Waals surface area contributed by atoms with Gasteiger partial charge in [-0.15, -0.1) is 12.4 Å². The standard InChI is InChI=1S/C15H29N3O2.ClH/c1-12-4-8-18(9-5-12)11-14(19)10-17-15(20)13-2-6-16-7-3-13;/h12-14,16,19H,2-11H2,1H3,(H,17,20);1H. The van der Waals surface area contributed by atoms with E-state index in [0.717, 1.165) is 44.9 Å². The molecule has 5 nitrogen and oxygen atoms in total. The second kappa shape index (κ2) is 9.62. The highest BCUT2D eigenvalue weighted by Gasteiger charge is 2.22. The highest BCUT2D eigenvalue weighted by atomic mass is 35.5. The molecule has 0 radical (unpaired) electrons. The fraction of sp³-hybridized carbons (Fsp3) is 0.933. The molecule has 2 rings (SSSR count). The smallest absolute Gasteiger partial charge is 0.223 e. The molecule has 2 saturated heterocycles. The number of carbonyl (C=O) groups excluding carboxylic acids is 1. The van der Waals surface area contributed by atoms with Crippen molar-refractivity contribution in [2.45, 2.75) is 38.7 Å². The van der Waals surface area contributed by atoms with Gasteiger partial charge in [-0.2, -0.15) is 0 Å². The normalized spacial score (nSPS) is 23.3. The van der Waals surface area contributed by atoms with Crippen LogP contribution in [0.1, 0.15) is 32.6 Å². The maximum Gasteiger partial charge on any atom is 0.223 e. The maximum atomic E-state index is 12.0. The van der Waals surface area contributed by atoms with Crippen LogP contribution in [0, 0.1) is 11.8 Å². The molecule has 0 bridgehead atoms. The Morgan fingerprint density at radius 1 is 1.29 bits per heavy atom. The first-order valence-corrected chi connectivity index (χ1v) is 8.04. The Morgan fingerprint density at radius 3 is 2.52 bits per heavy atom. The topological polar surface area (TPSA) is 64.6 Å². The lowest BCUT2D eigenvalue weighted by atomic mass is 9.97. The van der Waals surface area contributed by atoms with Crippen LogP contribution < -0.4 is 10.6 Å². The van der Waals surface area contributed by atoms with E-state index in [2.05, 4.69) is 22.5 Å². The number of halogens is 1. The summed E-state index contributed by atoms with van der Waals surface area (Å²) in [6.07, 6.45) is 3.80. The summed E-state index contributed by atoms with van der Waals surface area (Å²) >= 11 is 0. The van der Waals surface area contributed by atoms with Crippen molar-refractivity contribution in [3.8, 4) is 0 Å². The summed E-state index contributed by atoms with van der Waals surface area (Å²) < 4.78 is 0. The molecular weight excluding hydrogens is 290 g/mol. The largest absolute Gasteiger partial charge is 0.390 e. The molecule has 0 saturated carbocycles. The van der Waals surface area contributed by atoms with Gasteiger partial charge in [-0.25, -0.2) is 0 Å². The van der Waals surface area contributed by atoms with Gasteiger partial charge in [-0.1, -0.05) is 6.92 Å². The Kier molecular flexibility index (Phi) is 8.56. The molecule has 0 aromatic rings. The Bertz CT molecular complexity index is 303. The first kappa shape index (κ1) is 18.7. The van der Waals surface area contributed by atoms with E-state index >= 15 is 0 Å². The zero-order valence-electron chi connectivity index (χ0n) is 13.0. The van der Waals surface area contributed by atoms with Crippen molar-refractivity contribution in [3.05, 3.63) is 0 Å². The Hall–Kier alpha value is -0.360. The molecule has 124 valence electrons. The quantitative estimate of drug-likeness (QED) is 0.695. The van der Waals surface area contributed by atoms with Crippen LogP contribution in [0.3, 0.4) is 0 Å². The molecule has 2 fully saturated rings. The maximum absolute atomic E-state index is 12.0. The Labute approximate surface area is 134 Å². The Morgan fingerprint density at radius 2 is 1.90 bits per heavy atom. The van der Waals surface area contributed by atoms with E-state index < -0.39 is 6.10 Å². The van der Waals surface area contributed by atoms with Crippen molar-refractivity contribution < 1.29 is 9.90 Å². The van der Waals surface area contributed by atoms with E-state index in [-0.39, 0.29) is 24.2 Å². The zero-order chi connectivity index (χ0) is 14.4. The average molecular weight is 320 g/mol. The van der Waals surface area contributed by atoms with Gasteiger partial charge in [0, 0.05) is 19.0 Å². The molecule has 1 amide bonds. The van der Waals surface area contributed by atoms with Gasteiger partial charge in [-0.3, -0.25) is 4.79 Å². The second-order valence-corrected chi connectivity index (χ2v) is 6.41.